The summed E-state index contributed by atoms with van der Waals surface area (Å²) >= 11 is 12.3. The number of halogens is 5. The van der Waals surface area contributed by atoms with Gasteiger partial charge >= 0.3 is 12.5 Å². The molecule has 1 fully saturated rings. The van der Waals surface area contributed by atoms with Crippen molar-refractivity contribution in [1.29, 1.82) is 0 Å². The number of nitrogens with zero attached hydrogens (tertiary/aromatic N) is 5. The lowest BCUT2D eigenvalue weighted by Gasteiger charge is -2.33. The molecule has 4 rings (SSSR count). The summed E-state index contributed by atoms with van der Waals surface area (Å²) in [5.74, 6) is -1.36. The molecule has 8 nitrogen and oxygen atoms in total. The number of hydrogen-bond donors (Lipinski definition) is 0. The van der Waals surface area contributed by atoms with Crippen molar-refractivity contribution in [3.63, 3.8) is 0 Å². The van der Waals surface area contributed by atoms with Gasteiger partial charge in [-0.3, -0.25) is 14.1 Å². The third-order valence-electron chi connectivity index (χ3n) is 4.98. The highest BCUT2D eigenvalue weighted by Crippen LogP contribution is 2.31. The predicted molar refractivity (Wildman–Crippen MR) is 120 cm³/mol. The molecule has 0 spiro atoms. The van der Waals surface area contributed by atoms with Crippen molar-refractivity contribution in [3.05, 3.63) is 57.9 Å². The smallest absolute Gasteiger partial charge is 0.324 e. The van der Waals surface area contributed by atoms with Crippen LogP contribution in [0.4, 0.5) is 23.7 Å². The summed E-state index contributed by atoms with van der Waals surface area (Å²) in [5, 5.41) is 7.20. The molecule has 1 saturated heterocycles. The van der Waals surface area contributed by atoms with Gasteiger partial charge in [-0.05, 0) is 24.3 Å². The minimum atomic E-state index is -2.96. The Labute approximate surface area is 204 Å². The van der Waals surface area contributed by atoms with Crippen molar-refractivity contribution in [2.24, 2.45) is 0 Å². The summed E-state index contributed by atoms with van der Waals surface area (Å²) in [6.45, 7) is 0.245. The lowest BCUT2D eigenvalue weighted by Crippen LogP contribution is -2.49. The molecule has 0 aliphatic carbocycles. The van der Waals surface area contributed by atoms with Crippen LogP contribution in [0.2, 0.25) is 10.0 Å². The fraction of sp³-hybridized carbons (Fsp3) is 0.300. The van der Waals surface area contributed by atoms with Crippen LogP contribution in [0.15, 0.2) is 34.9 Å². The number of urea groups is 1. The second kappa shape index (κ2) is 10.3. The zero-order valence-electron chi connectivity index (χ0n) is 17.3. The van der Waals surface area contributed by atoms with Crippen LogP contribution < -0.4 is 4.90 Å². The first-order valence-electron chi connectivity index (χ1n) is 9.85. The van der Waals surface area contributed by atoms with Crippen molar-refractivity contribution in [2.45, 2.75) is 13.0 Å². The number of anilines is 1. The molecule has 180 valence electrons. The summed E-state index contributed by atoms with van der Waals surface area (Å²) in [6, 6.07) is 5.05. The number of aromatic nitrogens is 3. The van der Waals surface area contributed by atoms with Gasteiger partial charge in [0.15, 0.2) is 0 Å². The first kappa shape index (κ1) is 24.4. The Morgan fingerprint density at radius 2 is 1.94 bits per heavy atom. The molecule has 1 aliphatic heterocycles. The zero-order valence-corrected chi connectivity index (χ0v) is 19.6. The molecule has 0 bridgehead atoms. The largest absolute Gasteiger partial charge is 0.415 e. The van der Waals surface area contributed by atoms with Gasteiger partial charge in [-0.15, -0.1) is 10.2 Å². The highest BCUT2D eigenvalue weighted by Gasteiger charge is 2.28. The van der Waals surface area contributed by atoms with E-state index < -0.39 is 35.0 Å². The van der Waals surface area contributed by atoms with E-state index in [0.29, 0.717) is 16.5 Å². The first-order chi connectivity index (χ1) is 16.2. The highest BCUT2D eigenvalue weighted by atomic mass is 35.5. The highest BCUT2D eigenvalue weighted by molar-refractivity contribution is 7.85. The molecule has 14 heteroatoms. The molecule has 1 aromatic carbocycles. The van der Waals surface area contributed by atoms with Gasteiger partial charge in [-0.2, -0.15) is 8.78 Å². The van der Waals surface area contributed by atoms with Gasteiger partial charge in [-0.25, -0.2) is 9.18 Å². The van der Waals surface area contributed by atoms with E-state index >= 15 is 0 Å². The van der Waals surface area contributed by atoms with Crippen LogP contribution in [0.1, 0.15) is 18.0 Å². The fourth-order valence-electron chi connectivity index (χ4n) is 3.24. The number of amides is 2. The Morgan fingerprint density at radius 1 is 1.21 bits per heavy atom. The van der Waals surface area contributed by atoms with Crippen LogP contribution in [-0.4, -0.2) is 54.9 Å². The maximum absolute atomic E-state index is 15.0. The zero-order chi connectivity index (χ0) is 24.4. The molecule has 0 unspecified atom stereocenters. The molecule has 3 heterocycles. The number of benzene rings is 1. The van der Waals surface area contributed by atoms with Gasteiger partial charge in [0, 0.05) is 46.6 Å². The standard InChI is InChI=1S/C20H16Cl2F3N5O3S/c21-12-1-2-16(13(22)8-12)30(20(31)29-3-5-34(32)6-4-29)10-15-14(23)7-11(9-26-15)18-27-28-19(33-18)17(24)25/h1-2,7-9,17H,3-6,10H2. The van der Waals surface area contributed by atoms with Gasteiger partial charge in [0.2, 0.25) is 5.89 Å². The number of pyridine rings is 1. The molecule has 0 atom stereocenters. The Balaban J connectivity index is 1.64. The summed E-state index contributed by atoms with van der Waals surface area (Å²) < 4.78 is 56.8. The third-order valence-corrected chi connectivity index (χ3v) is 6.79. The number of hydrogen-bond acceptors (Lipinski definition) is 6. The Hall–Kier alpha value is -2.70. The Kier molecular flexibility index (Phi) is 7.39. The maximum Gasteiger partial charge on any atom is 0.324 e. The lowest BCUT2D eigenvalue weighted by molar-refractivity contribution is 0.116. The fourth-order valence-corrected chi connectivity index (χ4v) is 4.81. The van der Waals surface area contributed by atoms with E-state index in [4.69, 9.17) is 27.6 Å². The lowest BCUT2D eigenvalue weighted by atomic mass is 10.2. The van der Waals surface area contributed by atoms with Gasteiger partial charge in [-0.1, -0.05) is 23.2 Å². The normalized spacial score (nSPS) is 14.6. The predicted octanol–water partition coefficient (Wildman–Crippen LogP) is 4.71. The summed E-state index contributed by atoms with van der Waals surface area (Å²) in [6.07, 6.45) is -1.79. The van der Waals surface area contributed by atoms with E-state index in [1.165, 1.54) is 34.2 Å². The molecular formula is C20H16Cl2F3N5O3S. The van der Waals surface area contributed by atoms with Gasteiger partial charge in [0.25, 0.3) is 5.89 Å². The van der Waals surface area contributed by atoms with E-state index in [1.54, 1.807) is 0 Å². The van der Waals surface area contributed by atoms with Crippen molar-refractivity contribution >= 4 is 45.7 Å². The van der Waals surface area contributed by atoms with Crippen LogP contribution in [0, 0.1) is 5.82 Å². The van der Waals surface area contributed by atoms with E-state index in [0.717, 1.165) is 6.07 Å². The molecule has 2 amide bonds. The molecular weight excluding hydrogens is 518 g/mol. The summed E-state index contributed by atoms with van der Waals surface area (Å²) in [5.41, 5.74) is 0.172. The van der Waals surface area contributed by atoms with Crippen molar-refractivity contribution < 1.29 is 26.6 Å². The molecule has 1 aliphatic rings. The number of carbonyl (C=O) groups is 1. The molecule has 2 aromatic heterocycles. The van der Waals surface area contributed by atoms with Gasteiger partial charge < -0.3 is 9.32 Å². The number of rotatable bonds is 5. The molecule has 34 heavy (non-hydrogen) atoms. The Bertz CT molecular complexity index is 1240. The minimum absolute atomic E-state index is 0.00145. The first-order valence-corrected chi connectivity index (χ1v) is 12.1. The van der Waals surface area contributed by atoms with Crippen molar-refractivity contribution in [3.8, 4) is 11.5 Å². The van der Waals surface area contributed by atoms with E-state index in [9.17, 15) is 22.2 Å². The molecule has 3 aromatic rings. The SMILES string of the molecule is O=C(N1CCS(=O)CC1)N(Cc1ncc(-c2nnc(C(F)F)o2)cc1F)c1ccc(Cl)cc1Cl. The summed E-state index contributed by atoms with van der Waals surface area (Å²) in [7, 11) is -1.00. The van der Waals surface area contributed by atoms with Crippen LogP contribution in [0.25, 0.3) is 11.5 Å². The monoisotopic (exact) mass is 533 g/mol. The van der Waals surface area contributed by atoms with Crippen LogP contribution in [-0.2, 0) is 17.3 Å². The van der Waals surface area contributed by atoms with Gasteiger partial charge in [0.1, 0.15) is 5.82 Å². The second-order valence-corrected chi connectivity index (χ2v) is 9.74. The third kappa shape index (κ3) is 5.34. The van der Waals surface area contributed by atoms with Crippen LogP contribution >= 0.6 is 23.2 Å². The number of alkyl halides is 2. The maximum atomic E-state index is 15.0. The van der Waals surface area contributed by atoms with Crippen LogP contribution in [0.3, 0.4) is 0 Å². The molecule has 0 saturated carbocycles. The minimum Gasteiger partial charge on any atom is -0.415 e. The van der Waals surface area contributed by atoms with Crippen molar-refractivity contribution in [1.82, 2.24) is 20.1 Å². The Morgan fingerprint density at radius 3 is 2.56 bits per heavy atom. The average molecular weight is 534 g/mol. The van der Waals surface area contributed by atoms with Crippen LogP contribution in [0.5, 0.6) is 0 Å². The van der Waals surface area contributed by atoms with Crippen molar-refractivity contribution in [2.75, 3.05) is 29.5 Å². The summed E-state index contributed by atoms with van der Waals surface area (Å²) in [4.78, 5) is 20.1. The van der Waals surface area contributed by atoms with E-state index in [-0.39, 0.29) is 47.5 Å². The van der Waals surface area contributed by atoms with E-state index in [1.807, 2.05) is 0 Å². The average Bonchev–Trinajstić information content (AvgIpc) is 3.30. The molecule has 0 N–H and O–H groups in total. The van der Waals surface area contributed by atoms with E-state index in [2.05, 4.69) is 15.2 Å². The second-order valence-electron chi connectivity index (χ2n) is 7.20. The van der Waals surface area contributed by atoms with Gasteiger partial charge in [0.05, 0.1) is 28.5 Å². The number of carbonyl (C=O) groups excluding carboxylic acids is 1. The quantitative estimate of drug-likeness (QED) is 0.471. The molecule has 0 radical (unpaired) electrons. The topological polar surface area (TPSA) is 92.4 Å².